The highest BCUT2D eigenvalue weighted by Crippen LogP contribution is 2.16. The van der Waals surface area contributed by atoms with Gasteiger partial charge in [-0.2, -0.15) is 0 Å². The van der Waals surface area contributed by atoms with Crippen LogP contribution in [0.25, 0.3) is 0 Å². The summed E-state index contributed by atoms with van der Waals surface area (Å²) in [6, 6.07) is 31.7. The minimum Gasteiger partial charge on any atom is -0.207 e. The minimum atomic E-state index is -0.846. The quantitative estimate of drug-likeness (QED) is 0.143. The first-order valence-corrected chi connectivity index (χ1v) is 25.2. The molecule has 0 aromatic heterocycles. The van der Waals surface area contributed by atoms with E-state index >= 15 is 0 Å². The highest BCUT2D eigenvalue weighted by molar-refractivity contribution is 6.31. The number of hydrogen-bond acceptors (Lipinski definition) is 0. The standard InChI is InChI=1S/C14H17F.C14H18.C13H15Cl.C13H16.C12H12F2/c1-4-13-9-8-12(10-14(13)15)7-5-6-11(2)3;1-4-13-8-10-14(11-9-13)7-5-6-12(2)3;1-10(2)5-4-6-12-8-7-11(3)13(14)9-12;1-11(2)5-4-6-13-9-7-12(3)8-10-13;1-9(2)4-3-5-10-6-7-11(13)12(14)8-10/h8-11H,4,6H2,1-3H3;8-12H,4,6H2,1-3H3;7-10H,5H2,1-3H3;7-11H,5H2,1-3H3;6-9H,4H2,1-2H3. The molecule has 0 unspecified atom stereocenters. The summed E-state index contributed by atoms with van der Waals surface area (Å²) in [6.45, 7) is 29.6. The molecule has 370 valence electrons. The van der Waals surface area contributed by atoms with Crippen molar-refractivity contribution in [2.24, 2.45) is 29.6 Å². The van der Waals surface area contributed by atoms with Crippen LogP contribution in [0.2, 0.25) is 5.02 Å². The molecule has 0 nitrogen and oxygen atoms in total. The summed E-state index contributed by atoms with van der Waals surface area (Å²) in [5.41, 5.74) is 9.05. The lowest BCUT2D eigenvalue weighted by atomic mass is 10.1. The average Bonchev–Trinajstić information content (AvgIpc) is 3.30. The van der Waals surface area contributed by atoms with E-state index in [0.29, 0.717) is 35.2 Å². The fourth-order valence-corrected chi connectivity index (χ4v) is 5.58. The molecule has 0 spiro atoms. The molecule has 0 aliphatic carbocycles. The van der Waals surface area contributed by atoms with Crippen molar-refractivity contribution in [3.8, 4) is 59.2 Å². The van der Waals surface area contributed by atoms with E-state index in [0.717, 1.165) is 95.5 Å². The van der Waals surface area contributed by atoms with E-state index in [4.69, 9.17) is 11.6 Å². The van der Waals surface area contributed by atoms with E-state index in [1.165, 1.54) is 23.3 Å². The maximum absolute atomic E-state index is 13.4. The van der Waals surface area contributed by atoms with Gasteiger partial charge in [-0.1, -0.05) is 196 Å². The van der Waals surface area contributed by atoms with Crippen LogP contribution >= 0.6 is 11.6 Å². The van der Waals surface area contributed by atoms with Crippen molar-refractivity contribution in [3.63, 3.8) is 0 Å². The van der Waals surface area contributed by atoms with Crippen LogP contribution < -0.4 is 0 Å². The third kappa shape index (κ3) is 30.5. The molecule has 5 aromatic rings. The molecular weight excluding hydrogens is 885 g/mol. The molecule has 0 radical (unpaired) electrons. The molecule has 0 atom stereocenters. The van der Waals surface area contributed by atoms with Gasteiger partial charge in [0.2, 0.25) is 0 Å². The van der Waals surface area contributed by atoms with Gasteiger partial charge in [-0.15, -0.1) is 0 Å². The molecule has 0 fully saturated rings. The van der Waals surface area contributed by atoms with Crippen LogP contribution in [0.4, 0.5) is 13.2 Å². The van der Waals surface area contributed by atoms with Crippen LogP contribution in [0.3, 0.4) is 0 Å². The topological polar surface area (TPSA) is 0 Å². The van der Waals surface area contributed by atoms with Crippen LogP contribution in [0.5, 0.6) is 0 Å². The van der Waals surface area contributed by atoms with Gasteiger partial charge in [0.15, 0.2) is 11.6 Å². The SMILES string of the molecule is CC(C)CC#Cc1ccc(F)c(F)c1.CCc1ccc(C#CCC(C)C)cc1.CCc1ccc(C#CCC(C)C)cc1F.Cc1ccc(C#CCC(C)C)cc1.Cc1ccc(C#CCC(C)C)cc1Cl. The number of halogens is 4. The Morgan fingerprint density at radius 3 is 1.09 bits per heavy atom. The molecule has 0 saturated carbocycles. The lowest BCUT2D eigenvalue weighted by molar-refractivity contribution is 0.508. The molecule has 0 amide bonds. The lowest BCUT2D eigenvalue weighted by Gasteiger charge is -1.99. The number of rotatable bonds is 7. The van der Waals surface area contributed by atoms with Crippen LogP contribution in [-0.4, -0.2) is 0 Å². The molecule has 5 aromatic carbocycles. The number of aryl methyl sites for hydroxylation is 4. The fraction of sp³-hybridized carbons (Fsp3) is 0.394. The summed E-state index contributed by atoms with van der Waals surface area (Å²) in [4.78, 5) is 0. The Morgan fingerprint density at radius 2 is 0.729 bits per heavy atom. The van der Waals surface area contributed by atoms with Crippen molar-refractivity contribution in [1.82, 2.24) is 0 Å². The molecule has 5 rings (SSSR count). The second kappa shape index (κ2) is 36.0. The van der Waals surface area contributed by atoms with Crippen LogP contribution in [0.15, 0.2) is 103 Å². The maximum Gasteiger partial charge on any atom is 0.160 e. The van der Waals surface area contributed by atoms with E-state index < -0.39 is 11.6 Å². The normalized spacial score (nSPS) is 9.76. The molecule has 0 bridgehead atoms. The highest BCUT2D eigenvalue weighted by atomic mass is 35.5. The molecular formula is C66H78ClF3. The summed E-state index contributed by atoms with van der Waals surface area (Å²) >= 11 is 5.99. The van der Waals surface area contributed by atoms with E-state index in [1.54, 1.807) is 0 Å². The Bertz CT molecular complexity index is 2530. The van der Waals surface area contributed by atoms with Gasteiger partial charge in [-0.25, -0.2) is 13.2 Å². The molecule has 0 N–H and O–H groups in total. The second-order valence-electron chi connectivity index (χ2n) is 19.2. The Hall–Kier alpha value is -6.02. The summed E-state index contributed by atoms with van der Waals surface area (Å²) < 4.78 is 38.6. The number of hydrogen-bond donors (Lipinski definition) is 0. The van der Waals surface area contributed by atoms with Crippen molar-refractivity contribution < 1.29 is 13.2 Å². The van der Waals surface area contributed by atoms with E-state index in [2.05, 4.69) is 191 Å². The monoisotopic (exact) mass is 963 g/mol. The first kappa shape index (κ1) is 62.0. The van der Waals surface area contributed by atoms with Gasteiger partial charge >= 0.3 is 0 Å². The van der Waals surface area contributed by atoms with Crippen molar-refractivity contribution in [2.45, 2.75) is 142 Å². The zero-order valence-electron chi connectivity index (χ0n) is 44.7. The zero-order valence-corrected chi connectivity index (χ0v) is 45.4. The molecule has 0 aliphatic rings. The Labute approximate surface area is 429 Å². The van der Waals surface area contributed by atoms with Crippen LogP contribution in [0, 0.1) is 120 Å². The third-order valence-electron chi connectivity index (χ3n) is 9.65. The van der Waals surface area contributed by atoms with E-state index in [-0.39, 0.29) is 5.82 Å². The molecule has 0 aliphatic heterocycles. The minimum absolute atomic E-state index is 0.145. The Morgan fingerprint density at radius 1 is 0.386 bits per heavy atom. The number of benzene rings is 5. The predicted molar refractivity (Wildman–Crippen MR) is 297 cm³/mol. The van der Waals surface area contributed by atoms with Crippen molar-refractivity contribution >= 4 is 11.6 Å². The first-order chi connectivity index (χ1) is 33.2. The van der Waals surface area contributed by atoms with Gasteiger partial charge in [-0.05, 0) is 140 Å². The summed E-state index contributed by atoms with van der Waals surface area (Å²) in [7, 11) is 0. The summed E-state index contributed by atoms with van der Waals surface area (Å²) in [6.07, 6.45) is 6.34. The fourth-order valence-electron chi connectivity index (χ4n) is 5.40. The maximum atomic E-state index is 13.4. The van der Waals surface area contributed by atoms with Gasteiger partial charge in [0.25, 0.3) is 0 Å². The first-order valence-electron chi connectivity index (χ1n) is 24.8. The van der Waals surface area contributed by atoms with Gasteiger partial charge in [0, 0.05) is 64.9 Å². The zero-order chi connectivity index (χ0) is 52.4. The smallest absolute Gasteiger partial charge is 0.160 e. The summed E-state index contributed by atoms with van der Waals surface area (Å²) in [5.74, 6) is 31.9. The van der Waals surface area contributed by atoms with Crippen molar-refractivity contribution in [3.05, 3.63) is 176 Å². The van der Waals surface area contributed by atoms with Gasteiger partial charge in [0.1, 0.15) is 5.82 Å². The average molecular weight is 964 g/mol. The van der Waals surface area contributed by atoms with Crippen LogP contribution in [0.1, 0.15) is 165 Å². The summed E-state index contributed by atoms with van der Waals surface area (Å²) in [5, 5.41) is 0.793. The van der Waals surface area contributed by atoms with Crippen LogP contribution in [-0.2, 0) is 12.8 Å². The predicted octanol–water partition coefficient (Wildman–Crippen LogP) is 18.2. The van der Waals surface area contributed by atoms with Crippen molar-refractivity contribution in [2.75, 3.05) is 0 Å². The lowest BCUT2D eigenvalue weighted by Crippen LogP contribution is -1.88. The second-order valence-corrected chi connectivity index (χ2v) is 19.6. The molecule has 0 saturated heterocycles. The molecule has 0 heterocycles. The van der Waals surface area contributed by atoms with E-state index in [1.807, 2.05) is 44.2 Å². The van der Waals surface area contributed by atoms with E-state index in [9.17, 15) is 13.2 Å². The highest BCUT2D eigenvalue weighted by Gasteiger charge is 2.01. The third-order valence-corrected chi connectivity index (χ3v) is 10.1. The van der Waals surface area contributed by atoms with Crippen molar-refractivity contribution in [1.29, 1.82) is 0 Å². The molecule has 4 heteroatoms. The van der Waals surface area contributed by atoms with Gasteiger partial charge in [0.05, 0.1) is 0 Å². The van der Waals surface area contributed by atoms with Gasteiger partial charge in [-0.3, -0.25) is 0 Å². The Kier molecular flexibility index (Phi) is 31.9. The van der Waals surface area contributed by atoms with Gasteiger partial charge < -0.3 is 0 Å². The molecule has 70 heavy (non-hydrogen) atoms. The largest absolute Gasteiger partial charge is 0.207 e. The Balaban J connectivity index is 0.000000438.